The SMILES string of the molecule is CCNC(=O)c1cc(NCC(=O)Nc2ccc(Br)c(C)c2)ccn1. The number of anilines is 2. The molecule has 0 atom stereocenters. The number of carbonyl (C=O) groups is 2. The molecule has 1 aromatic heterocycles. The number of nitrogens with one attached hydrogen (secondary N) is 3. The van der Waals surface area contributed by atoms with E-state index in [1.165, 1.54) is 6.20 Å². The Kier molecular flexibility index (Phi) is 6.31. The molecule has 0 aliphatic rings. The number of pyridine rings is 1. The van der Waals surface area contributed by atoms with Crippen LogP contribution in [0, 0.1) is 6.92 Å². The zero-order valence-corrected chi connectivity index (χ0v) is 15.1. The maximum absolute atomic E-state index is 12.0. The monoisotopic (exact) mass is 390 g/mol. The van der Waals surface area contributed by atoms with Crippen LogP contribution in [-0.4, -0.2) is 29.9 Å². The van der Waals surface area contributed by atoms with Crippen LogP contribution in [0.1, 0.15) is 23.0 Å². The van der Waals surface area contributed by atoms with Crippen molar-refractivity contribution >= 4 is 39.1 Å². The van der Waals surface area contributed by atoms with Crippen molar-refractivity contribution in [2.45, 2.75) is 13.8 Å². The Hall–Kier alpha value is -2.41. The molecule has 0 radical (unpaired) electrons. The highest BCUT2D eigenvalue weighted by molar-refractivity contribution is 9.10. The first-order valence-electron chi connectivity index (χ1n) is 7.53. The lowest BCUT2D eigenvalue weighted by Crippen LogP contribution is -2.24. The third-order valence-electron chi connectivity index (χ3n) is 3.22. The molecule has 1 aromatic carbocycles. The molecule has 2 aromatic rings. The highest BCUT2D eigenvalue weighted by Crippen LogP contribution is 2.19. The molecule has 0 bridgehead atoms. The molecule has 0 spiro atoms. The summed E-state index contributed by atoms with van der Waals surface area (Å²) in [6.07, 6.45) is 1.53. The van der Waals surface area contributed by atoms with Gasteiger partial charge in [0, 0.05) is 28.6 Å². The average molecular weight is 391 g/mol. The van der Waals surface area contributed by atoms with Crippen molar-refractivity contribution in [3.63, 3.8) is 0 Å². The normalized spacial score (nSPS) is 10.1. The van der Waals surface area contributed by atoms with Gasteiger partial charge in [-0.1, -0.05) is 15.9 Å². The van der Waals surface area contributed by atoms with E-state index in [4.69, 9.17) is 0 Å². The van der Waals surface area contributed by atoms with Crippen molar-refractivity contribution in [3.05, 3.63) is 52.3 Å². The first kappa shape index (κ1) is 17.9. The van der Waals surface area contributed by atoms with Crippen molar-refractivity contribution in [2.24, 2.45) is 0 Å². The zero-order valence-electron chi connectivity index (χ0n) is 13.5. The van der Waals surface area contributed by atoms with Crippen LogP contribution in [0.15, 0.2) is 41.0 Å². The molecule has 3 N–H and O–H groups in total. The summed E-state index contributed by atoms with van der Waals surface area (Å²) < 4.78 is 0.994. The van der Waals surface area contributed by atoms with Gasteiger partial charge in [-0.05, 0) is 49.7 Å². The second kappa shape index (κ2) is 8.44. The molecule has 0 aliphatic heterocycles. The van der Waals surface area contributed by atoms with Crippen LogP contribution in [-0.2, 0) is 4.79 Å². The topological polar surface area (TPSA) is 83.1 Å². The second-order valence-corrected chi connectivity index (χ2v) is 6.01. The minimum absolute atomic E-state index is 0.0912. The summed E-state index contributed by atoms with van der Waals surface area (Å²) in [5.74, 6) is -0.413. The molecular weight excluding hydrogens is 372 g/mol. The van der Waals surface area contributed by atoms with Crippen molar-refractivity contribution in [1.82, 2.24) is 10.3 Å². The summed E-state index contributed by atoms with van der Waals surface area (Å²) in [7, 11) is 0. The van der Waals surface area contributed by atoms with Crippen LogP contribution in [0.2, 0.25) is 0 Å². The second-order valence-electron chi connectivity index (χ2n) is 5.15. The van der Waals surface area contributed by atoms with E-state index < -0.39 is 0 Å². The van der Waals surface area contributed by atoms with E-state index in [2.05, 4.69) is 36.9 Å². The van der Waals surface area contributed by atoms with Gasteiger partial charge in [-0.3, -0.25) is 14.6 Å². The predicted octanol–water partition coefficient (Wildman–Crippen LogP) is 2.95. The van der Waals surface area contributed by atoms with E-state index in [9.17, 15) is 9.59 Å². The Morgan fingerprint density at radius 1 is 1.17 bits per heavy atom. The van der Waals surface area contributed by atoms with Gasteiger partial charge in [0.1, 0.15) is 5.69 Å². The average Bonchev–Trinajstić information content (AvgIpc) is 2.57. The summed E-state index contributed by atoms with van der Waals surface area (Å²) in [6, 6.07) is 8.93. The Morgan fingerprint density at radius 2 is 1.96 bits per heavy atom. The van der Waals surface area contributed by atoms with Gasteiger partial charge < -0.3 is 16.0 Å². The fraction of sp³-hybridized carbons (Fsp3) is 0.235. The van der Waals surface area contributed by atoms with Crippen molar-refractivity contribution in [3.8, 4) is 0 Å². The maximum atomic E-state index is 12.0. The summed E-state index contributed by atoms with van der Waals surface area (Å²) in [5, 5.41) is 8.49. The first-order chi connectivity index (χ1) is 11.5. The van der Waals surface area contributed by atoms with Gasteiger partial charge in [-0.25, -0.2) is 0 Å². The van der Waals surface area contributed by atoms with E-state index in [0.717, 1.165) is 15.7 Å². The molecule has 126 valence electrons. The first-order valence-corrected chi connectivity index (χ1v) is 8.33. The number of aromatic nitrogens is 1. The van der Waals surface area contributed by atoms with Crippen molar-refractivity contribution < 1.29 is 9.59 Å². The lowest BCUT2D eigenvalue weighted by Gasteiger charge is -2.10. The number of hydrogen-bond donors (Lipinski definition) is 3. The Labute approximate surface area is 149 Å². The third-order valence-corrected chi connectivity index (χ3v) is 4.11. The Balaban J connectivity index is 1.92. The van der Waals surface area contributed by atoms with E-state index in [1.807, 2.05) is 32.0 Å². The van der Waals surface area contributed by atoms with Gasteiger partial charge in [-0.15, -0.1) is 0 Å². The molecule has 0 unspecified atom stereocenters. The van der Waals surface area contributed by atoms with Gasteiger partial charge >= 0.3 is 0 Å². The Bertz CT molecular complexity index is 749. The summed E-state index contributed by atoms with van der Waals surface area (Å²) in [5.41, 5.74) is 2.75. The predicted molar refractivity (Wildman–Crippen MR) is 98.2 cm³/mol. The highest BCUT2D eigenvalue weighted by Gasteiger charge is 2.08. The summed E-state index contributed by atoms with van der Waals surface area (Å²) in [6.45, 7) is 4.42. The van der Waals surface area contributed by atoms with Crippen LogP contribution < -0.4 is 16.0 Å². The van der Waals surface area contributed by atoms with Gasteiger partial charge in [0.2, 0.25) is 5.91 Å². The smallest absolute Gasteiger partial charge is 0.269 e. The van der Waals surface area contributed by atoms with E-state index in [-0.39, 0.29) is 18.4 Å². The Morgan fingerprint density at radius 3 is 2.67 bits per heavy atom. The third kappa shape index (κ3) is 5.06. The molecule has 1 heterocycles. The van der Waals surface area contributed by atoms with E-state index in [0.29, 0.717) is 17.9 Å². The van der Waals surface area contributed by atoms with Crippen LogP contribution in [0.25, 0.3) is 0 Å². The van der Waals surface area contributed by atoms with Gasteiger partial charge in [0.05, 0.1) is 6.54 Å². The van der Waals surface area contributed by atoms with Crippen LogP contribution >= 0.6 is 15.9 Å². The number of amides is 2. The van der Waals surface area contributed by atoms with Gasteiger partial charge in [0.25, 0.3) is 5.91 Å². The molecule has 0 aliphatic carbocycles. The molecular formula is C17H19BrN4O2. The molecule has 24 heavy (non-hydrogen) atoms. The molecule has 0 saturated heterocycles. The molecule has 0 fully saturated rings. The molecule has 7 heteroatoms. The quantitative estimate of drug-likeness (QED) is 0.707. The largest absolute Gasteiger partial charge is 0.376 e. The number of hydrogen-bond acceptors (Lipinski definition) is 4. The zero-order chi connectivity index (χ0) is 17.5. The number of nitrogens with zero attached hydrogens (tertiary/aromatic N) is 1. The number of halogens is 1. The number of benzene rings is 1. The van der Waals surface area contributed by atoms with Gasteiger partial charge in [-0.2, -0.15) is 0 Å². The molecule has 2 rings (SSSR count). The number of rotatable bonds is 6. The summed E-state index contributed by atoms with van der Waals surface area (Å²) in [4.78, 5) is 27.8. The lowest BCUT2D eigenvalue weighted by molar-refractivity contribution is -0.114. The highest BCUT2D eigenvalue weighted by atomic mass is 79.9. The van der Waals surface area contributed by atoms with E-state index in [1.54, 1.807) is 12.1 Å². The van der Waals surface area contributed by atoms with E-state index >= 15 is 0 Å². The maximum Gasteiger partial charge on any atom is 0.269 e. The lowest BCUT2D eigenvalue weighted by atomic mass is 10.2. The standard InChI is InChI=1S/C17H19BrN4O2/c1-3-19-17(24)15-9-12(6-7-20-15)21-10-16(23)22-13-4-5-14(18)11(2)8-13/h4-9H,3,10H2,1-2H3,(H,19,24)(H,20,21)(H,22,23). The van der Waals surface area contributed by atoms with Crippen LogP contribution in [0.5, 0.6) is 0 Å². The fourth-order valence-corrected chi connectivity index (χ4v) is 2.27. The summed E-state index contributed by atoms with van der Waals surface area (Å²) >= 11 is 3.42. The fourth-order valence-electron chi connectivity index (χ4n) is 2.03. The van der Waals surface area contributed by atoms with Crippen molar-refractivity contribution in [2.75, 3.05) is 23.7 Å². The number of carbonyl (C=O) groups excluding carboxylic acids is 2. The minimum Gasteiger partial charge on any atom is -0.376 e. The van der Waals surface area contributed by atoms with Gasteiger partial charge in [0.15, 0.2) is 0 Å². The van der Waals surface area contributed by atoms with Crippen LogP contribution in [0.3, 0.4) is 0 Å². The van der Waals surface area contributed by atoms with Crippen molar-refractivity contribution in [1.29, 1.82) is 0 Å². The molecule has 2 amide bonds. The van der Waals surface area contributed by atoms with Crippen LogP contribution in [0.4, 0.5) is 11.4 Å². The molecule has 6 nitrogen and oxygen atoms in total. The molecule has 0 saturated carbocycles. The minimum atomic E-state index is -0.240. The number of aryl methyl sites for hydroxylation is 1.